The molecule has 0 aromatic heterocycles. The lowest BCUT2D eigenvalue weighted by molar-refractivity contribution is -0.161. The maximum Gasteiger partial charge on any atom is 0.472 e. The van der Waals surface area contributed by atoms with E-state index in [0.29, 0.717) is 12.8 Å². The molecule has 154 valence electrons. The Hall–Kier alpha value is -0.990. The maximum atomic E-state index is 11.8. The van der Waals surface area contributed by atoms with E-state index in [1.165, 1.54) is 0 Å². The van der Waals surface area contributed by atoms with Crippen LogP contribution < -0.4 is 5.73 Å². The molecule has 26 heavy (non-hydrogen) atoms. The molecule has 0 heterocycles. The van der Waals surface area contributed by atoms with Crippen LogP contribution in [0.5, 0.6) is 0 Å². The fourth-order valence-corrected chi connectivity index (χ4v) is 2.61. The SMILES string of the molecule is CCCCCC(=O)O[C@@H](COC(=O)CCCC)COP(=O)(O)OCCN. The van der Waals surface area contributed by atoms with E-state index in [9.17, 15) is 19.0 Å². The van der Waals surface area contributed by atoms with Crippen molar-refractivity contribution in [2.45, 2.75) is 64.9 Å². The topological polar surface area (TPSA) is 134 Å². The zero-order valence-corrected chi connectivity index (χ0v) is 16.6. The summed E-state index contributed by atoms with van der Waals surface area (Å²) < 4.78 is 31.3. The monoisotopic (exact) mass is 397 g/mol. The number of hydrogen-bond donors (Lipinski definition) is 2. The summed E-state index contributed by atoms with van der Waals surface area (Å²) in [6.07, 6.45) is 3.55. The van der Waals surface area contributed by atoms with Crippen molar-refractivity contribution in [3.05, 3.63) is 0 Å². The molecule has 0 spiro atoms. The van der Waals surface area contributed by atoms with Crippen molar-refractivity contribution in [1.82, 2.24) is 0 Å². The first-order chi connectivity index (χ1) is 12.3. The van der Waals surface area contributed by atoms with Crippen LogP contribution in [0.1, 0.15) is 58.8 Å². The van der Waals surface area contributed by atoms with Crippen molar-refractivity contribution < 1.29 is 37.6 Å². The molecule has 0 bridgehead atoms. The minimum Gasteiger partial charge on any atom is -0.462 e. The Morgan fingerprint density at radius 3 is 2.27 bits per heavy atom. The van der Waals surface area contributed by atoms with Gasteiger partial charge in [-0.1, -0.05) is 33.1 Å². The normalized spacial score (nSPS) is 14.5. The third kappa shape index (κ3) is 14.2. The van der Waals surface area contributed by atoms with Crippen LogP contribution in [-0.4, -0.2) is 49.3 Å². The maximum absolute atomic E-state index is 11.8. The van der Waals surface area contributed by atoms with Crippen LogP contribution in [0.3, 0.4) is 0 Å². The van der Waals surface area contributed by atoms with Crippen LogP contribution in [0.15, 0.2) is 0 Å². The van der Waals surface area contributed by atoms with Gasteiger partial charge in [0.05, 0.1) is 13.2 Å². The van der Waals surface area contributed by atoms with Gasteiger partial charge in [-0.05, 0) is 12.8 Å². The van der Waals surface area contributed by atoms with Gasteiger partial charge in [-0.25, -0.2) is 4.57 Å². The lowest BCUT2D eigenvalue weighted by atomic mass is 10.2. The van der Waals surface area contributed by atoms with E-state index in [1.54, 1.807) is 0 Å². The molecule has 0 fully saturated rings. The second-order valence-electron chi connectivity index (χ2n) is 5.74. The molecule has 0 rings (SSSR count). The lowest BCUT2D eigenvalue weighted by Gasteiger charge is -2.19. The highest BCUT2D eigenvalue weighted by atomic mass is 31.2. The molecule has 2 atom stereocenters. The van der Waals surface area contributed by atoms with E-state index in [2.05, 4.69) is 4.52 Å². The van der Waals surface area contributed by atoms with Gasteiger partial charge >= 0.3 is 19.8 Å². The molecule has 0 amide bonds. The first-order valence-electron chi connectivity index (χ1n) is 9.01. The molecule has 0 aromatic rings. The average Bonchev–Trinajstić information content (AvgIpc) is 2.60. The number of phosphoric ester groups is 1. The largest absolute Gasteiger partial charge is 0.472 e. The number of esters is 2. The average molecular weight is 397 g/mol. The van der Waals surface area contributed by atoms with Crippen molar-refractivity contribution in [2.24, 2.45) is 5.73 Å². The minimum atomic E-state index is -4.31. The van der Waals surface area contributed by atoms with Gasteiger partial charge in [0.2, 0.25) is 0 Å². The Bertz CT molecular complexity index is 446. The van der Waals surface area contributed by atoms with Gasteiger partial charge in [0.1, 0.15) is 6.61 Å². The molecule has 0 saturated heterocycles. The molecule has 0 radical (unpaired) electrons. The van der Waals surface area contributed by atoms with Crippen LogP contribution in [-0.2, 0) is 32.7 Å². The number of ether oxygens (including phenoxy) is 2. The molecule has 10 heteroatoms. The van der Waals surface area contributed by atoms with E-state index in [0.717, 1.165) is 19.3 Å². The highest BCUT2D eigenvalue weighted by molar-refractivity contribution is 7.47. The molecule has 1 unspecified atom stereocenters. The Labute approximate surface area is 155 Å². The Balaban J connectivity index is 4.53. The van der Waals surface area contributed by atoms with Gasteiger partial charge < -0.3 is 20.1 Å². The summed E-state index contributed by atoms with van der Waals surface area (Å²) in [6.45, 7) is 3.18. The number of carbonyl (C=O) groups excluding carboxylic acids is 2. The zero-order valence-electron chi connectivity index (χ0n) is 15.7. The highest BCUT2D eigenvalue weighted by Crippen LogP contribution is 2.43. The van der Waals surface area contributed by atoms with Crippen molar-refractivity contribution in [3.63, 3.8) is 0 Å². The molecule has 0 aliphatic rings. The number of carbonyl (C=O) groups is 2. The number of rotatable bonds is 16. The van der Waals surface area contributed by atoms with Crippen LogP contribution in [0.25, 0.3) is 0 Å². The molecule has 0 aliphatic carbocycles. The van der Waals surface area contributed by atoms with E-state index in [1.807, 2.05) is 13.8 Å². The van der Waals surface area contributed by atoms with Crippen LogP contribution in [0.2, 0.25) is 0 Å². The first kappa shape index (κ1) is 25.0. The smallest absolute Gasteiger partial charge is 0.462 e. The van der Waals surface area contributed by atoms with E-state index in [-0.39, 0.29) is 32.6 Å². The second kappa shape index (κ2) is 15.1. The van der Waals surface area contributed by atoms with Crippen molar-refractivity contribution in [3.8, 4) is 0 Å². The second-order valence-corrected chi connectivity index (χ2v) is 7.20. The Morgan fingerprint density at radius 2 is 1.65 bits per heavy atom. The standard InChI is InChI=1S/C16H32NO8P/c1-3-5-7-9-16(19)25-14(12-22-15(18)8-6-4-2)13-24-26(20,21)23-11-10-17/h14H,3-13,17H2,1-2H3,(H,20,21)/t14-/m0/s1. The van der Waals surface area contributed by atoms with E-state index < -0.39 is 32.5 Å². The van der Waals surface area contributed by atoms with Gasteiger partial charge in [-0.2, -0.15) is 0 Å². The van der Waals surface area contributed by atoms with Gasteiger partial charge in [0.25, 0.3) is 0 Å². The summed E-state index contributed by atoms with van der Waals surface area (Å²) in [6, 6.07) is 0. The van der Waals surface area contributed by atoms with Crippen LogP contribution >= 0.6 is 7.82 Å². The predicted molar refractivity (Wildman–Crippen MR) is 95.3 cm³/mol. The Morgan fingerprint density at radius 1 is 1.00 bits per heavy atom. The van der Waals surface area contributed by atoms with Crippen molar-refractivity contribution >= 4 is 19.8 Å². The van der Waals surface area contributed by atoms with Gasteiger partial charge in [-0.15, -0.1) is 0 Å². The summed E-state index contributed by atoms with van der Waals surface area (Å²) in [5.74, 6) is -0.905. The summed E-state index contributed by atoms with van der Waals surface area (Å²) in [7, 11) is -4.31. The van der Waals surface area contributed by atoms with E-state index >= 15 is 0 Å². The fraction of sp³-hybridized carbons (Fsp3) is 0.875. The molecule has 0 aliphatic heterocycles. The highest BCUT2D eigenvalue weighted by Gasteiger charge is 2.25. The summed E-state index contributed by atoms with van der Waals surface area (Å²) >= 11 is 0. The van der Waals surface area contributed by atoms with E-state index in [4.69, 9.17) is 19.7 Å². The summed E-state index contributed by atoms with van der Waals surface area (Å²) in [5.41, 5.74) is 5.20. The lowest BCUT2D eigenvalue weighted by Crippen LogP contribution is -2.29. The molecular formula is C16H32NO8P. The van der Waals surface area contributed by atoms with Crippen molar-refractivity contribution in [2.75, 3.05) is 26.4 Å². The van der Waals surface area contributed by atoms with Gasteiger partial charge in [0.15, 0.2) is 6.10 Å². The van der Waals surface area contributed by atoms with Gasteiger partial charge in [0, 0.05) is 19.4 Å². The molecule has 0 saturated carbocycles. The summed E-state index contributed by atoms with van der Waals surface area (Å²) in [5, 5.41) is 0. The quantitative estimate of drug-likeness (QED) is 0.228. The number of unbranched alkanes of at least 4 members (excludes halogenated alkanes) is 3. The fourth-order valence-electron chi connectivity index (χ4n) is 1.84. The Kier molecular flexibility index (Phi) is 14.5. The third-order valence-electron chi connectivity index (χ3n) is 3.24. The zero-order chi connectivity index (χ0) is 19.8. The molecule has 9 nitrogen and oxygen atoms in total. The molecule has 0 aromatic carbocycles. The summed E-state index contributed by atoms with van der Waals surface area (Å²) in [4.78, 5) is 32.9. The van der Waals surface area contributed by atoms with Crippen LogP contribution in [0, 0.1) is 0 Å². The number of nitrogens with two attached hydrogens (primary N) is 1. The van der Waals surface area contributed by atoms with Gasteiger partial charge in [-0.3, -0.25) is 18.6 Å². The first-order valence-corrected chi connectivity index (χ1v) is 10.5. The van der Waals surface area contributed by atoms with Crippen molar-refractivity contribution in [1.29, 1.82) is 0 Å². The molecule has 3 N–H and O–H groups in total. The number of hydrogen-bond acceptors (Lipinski definition) is 8. The third-order valence-corrected chi connectivity index (χ3v) is 4.23. The van der Waals surface area contributed by atoms with Crippen LogP contribution in [0.4, 0.5) is 0 Å². The number of phosphoric acid groups is 1. The minimum absolute atomic E-state index is 0.0544. The predicted octanol–water partition coefficient (Wildman–Crippen LogP) is 2.30. The molecular weight excluding hydrogens is 365 g/mol.